The van der Waals surface area contributed by atoms with Gasteiger partial charge in [-0.2, -0.15) is 0 Å². The van der Waals surface area contributed by atoms with Crippen LogP contribution in [0.2, 0.25) is 0 Å². The standard InChI is InChI=1S/C28H34O11/c29-24(28(33)39-21-27(32)37-18-16-35-14-12-23-9-5-2-6-10-23)19-25(30)38-20-26(31)36-17-15-34-13-11-22-7-3-1-4-8-22/h1-10,24,29H,11-21H2. The Kier molecular flexibility index (Phi) is 15.5. The highest BCUT2D eigenvalue weighted by Crippen LogP contribution is 2.02. The lowest BCUT2D eigenvalue weighted by Crippen LogP contribution is -2.30. The van der Waals surface area contributed by atoms with E-state index in [0.717, 1.165) is 24.0 Å². The molecule has 1 unspecified atom stereocenters. The Balaban J connectivity index is 1.44. The first-order valence-electron chi connectivity index (χ1n) is 12.5. The van der Waals surface area contributed by atoms with Gasteiger partial charge in [0, 0.05) is 0 Å². The van der Waals surface area contributed by atoms with E-state index in [9.17, 15) is 24.3 Å². The third-order valence-electron chi connectivity index (χ3n) is 5.05. The first kappa shape index (κ1) is 31.4. The van der Waals surface area contributed by atoms with Gasteiger partial charge in [-0.3, -0.25) is 4.79 Å². The minimum absolute atomic E-state index is 0.0178. The molecule has 39 heavy (non-hydrogen) atoms. The van der Waals surface area contributed by atoms with E-state index in [0.29, 0.717) is 13.2 Å². The molecule has 0 aromatic heterocycles. The molecule has 0 saturated carbocycles. The molecular formula is C28H34O11. The van der Waals surface area contributed by atoms with Gasteiger partial charge in [0.05, 0.1) is 32.8 Å². The third kappa shape index (κ3) is 15.3. The van der Waals surface area contributed by atoms with Gasteiger partial charge in [-0.25, -0.2) is 14.4 Å². The van der Waals surface area contributed by atoms with Gasteiger partial charge in [-0.05, 0) is 24.0 Å². The molecule has 212 valence electrons. The summed E-state index contributed by atoms with van der Waals surface area (Å²) in [5.41, 5.74) is 2.25. The van der Waals surface area contributed by atoms with Gasteiger partial charge in [0.25, 0.3) is 0 Å². The Morgan fingerprint density at radius 3 is 1.51 bits per heavy atom. The van der Waals surface area contributed by atoms with E-state index in [1.807, 2.05) is 60.7 Å². The maximum Gasteiger partial charge on any atom is 0.344 e. The molecule has 0 amide bonds. The van der Waals surface area contributed by atoms with Crippen molar-refractivity contribution in [2.75, 3.05) is 52.9 Å². The van der Waals surface area contributed by atoms with Crippen molar-refractivity contribution in [2.45, 2.75) is 25.4 Å². The molecule has 1 atom stereocenters. The second-order valence-electron chi connectivity index (χ2n) is 8.13. The molecular weight excluding hydrogens is 512 g/mol. The van der Waals surface area contributed by atoms with Gasteiger partial charge in [-0.15, -0.1) is 0 Å². The Bertz CT molecular complexity index is 995. The molecule has 2 aromatic rings. The van der Waals surface area contributed by atoms with Crippen LogP contribution in [-0.4, -0.2) is 87.9 Å². The van der Waals surface area contributed by atoms with Crippen LogP contribution in [0.15, 0.2) is 60.7 Å². The highest BCUT2D eigenvalue weighted by Gasteiger charge is 2.23. The second-order valence-corrected chi connectivity index (χ2v) is 8.13. The molecule has 0 aliphatic carbocycles. The SMILES string of the molecule is O=C(COC(=O)CC(O)C(=O)OCC(=O)OCCOCCc1ccccc1)OCCOCCc1ccccc1. The minimum Gasteiger partial charge on any atom is -0.461 e. The summed E-state index contributed by atoms with van der Waals surface area (Å²) < 4.78 is 29.8. The molecule has 0 heterocycles. The smallest absolute Gasteiger partial charge is 0.344 e. The molecule has 1 N–H and O–H groups in total. The number of ether oxygens (including phenoxy) is 6. The van der Waals surface area contributed by atoms with Gasteiger partial charge < -0.3 is 33.5 Å². The summed E-state index contributed by atoms with van der Waals surface area (Å²) in [5.74, 6) is -3.88. The highest BCUT2D eigenvalue weighted by molar-refractivity contribution is 5.84. The van der Waals surface area contributed by atoms with E-state index in [4.69, 9.17) is 18.9 Å². The zero-order chi connectivity index (χ0) is 28.1. The van der Waals surface area contributed by atoms with Gasteiger partial charge in [0.2, 0.25) is 0 Å². The van der Waals surface area contributed by atoms with Crippen LogP contribution in [0.5, 0.6) is 0 Å². The van der Waals surface area contributed by atoms with E-state index in [1.54, 1.807) is 0 Å². The lowest BCUT2D eigenvalue weighted by molar-refractivity contribution is -0.168. The van der Waals surface area contributed by atoms with Crippen molar-refractivity contribution in [2.24, 2.45) is 0 Å². The topological polar surface area (TPSA) is 144 Å². The monoisotopic (exact) mass is 546 g/mol. The maximum atomic E-state index is 11.8. The van der Waals surface area contributed by atoms with E-state index in [-0.39, 0.29) is 26.4 Å². The molecule has 0 aliphatic heterocycles. The van der Waals surface area contributed by atoms with E-state index < -0.39 is 49.6 Å². The molecule has 11 heteroatoms. The Labute approximate surface area is 226 Å². The number of benzene rings is 2. The zero-order valence-electron chi connectivity index (χ0n) is 21.7. The lowest BCUT2D eigenvalue weighted by atomic mass is 10.2. The van der Waals surface area contributed by atoms with Crippen LogP contribution in [0, 0.1) is 0 Å². The molecule has 11 nitrogen and oxygen atoms in total. The van der Waals surface area contributed by atoms with Crippen LogP contribution in [0.1, 0.15) is 17.5 Å². The number of aliphatic hydroxyl groups is 1. The van der Waals surface area contributed by atoms with Crippen LogP contribution in [0.25, 0.3) is 0 Å². The van der Waals surface area contributed by atoms with Gasteiger partial charge in [0.15, 0.2) is 19.3 Å². The molecule has 0 spiro atoms. The molecule has 0 aliphatic rings. The van der Waals surface area contributed by atoms with Crippen molar-refractivity contribution in [1.82, 2.24) is 0 Å². The summed E-state index contributed by atoms with van der Waals surface area (Å²) >= 11 is 0. The molecule has 2 rings (SSSR count). The summed E-state index contributed by atoms with van der Waals surface area (Å²) in [6.45, 7) is -0.206. The van der Waals surface area contributed by atoms with E-state index in [1.165, 1.54) is 0 Å². The fraction of sp³-hybridized carbons (Fsp3) is 0.429. The fourth-order valence-electron chi connectivity index (χ4n) is 3.05. The van der Waals surface area contributed by atoms with Crippen molar-refractivity contribution in [3.05, 3.63) is 71.8 Å². The largest absolute Gasteiger partial charge is 0.461 e. The number of hydrogen-bond acceptors (Lipinski definition) is 11. The number of carbonyl (C=O) groups is 4. The number of aliphatic hydroxyl groups excluding tert-OH is 1. The minimum atomic E-state index is -1.87. The number of esters is 4. The van der Waals surface area contributed by atoms with Gasteiger partial charge in [-0.1, -0.05) is 60.7 Å². The first-order valence-corrected chi connectivity index (χ1v) is 12.5. The van der Waals surface area contributed by atoms with Crippen LogP contribution >= 0.6 is 0 Å². The number of hydrogen-bond donors (Lipinski definition) is 1. The Morgan fingerprint density at radius 2 is 1.03 bits per heavy atom. The Hall–Kier alpha value is -3.80. The molecule has 0 saturated heterocycles. The summed E-state index contributed by atoms with van der Waals surface area (Å²) in [5, 5.41) is 9.76. The second kappa shape index (κ2) is 19.3. The maximum absolute atomic E-state index is 11.8. The fourth-order valence-corrected chi connectivity index (χ4v) is 3.05. The lowest BCUT2D eigenvalue weighted by Gasteiger charge is -2.11. The van der Waals surface area contributed by atoms with Crippen molar-refractivity contribution in [3.8, 4) is 0 Å². The predicted octanol–water partition coefficient (Wildman–Crippen LogP) is 1.43. The van der Waals surface area contributed by atoms with Gasteiger partial charge >= 0.3 is 23.9 Å². The van der Waals surface area contributed by atoms with Crippen LogP contribution < -0.4 is 0 Å². The quantitative estimate of drug-likeness (QED) is 0.155. The molecule has 0 fully saturated rings. The van der Waals surface area contributed by atoms with Gasteiger partial charge in [0.1, 0.15) is 13.2 Å². The molecule has 0 bridgehead atoms. The highest BCUT2D eigenvalue weighted by atomic mass is 16.6. The molecule has 0 radical (unpaired) electrons. The van der Waals surface area contributed by atoms with Crippen LogP contribution in [0.4, 0.5) is 0 Å². The number of carbonyl (C=O) groups excluding carboxylic acids is 4. The van der Waals surface area contributed by atoms with Crippen molar-refractivity contribution in [3.63, 3.8) is 0 Å². The Morgan fingerprint density at radius 1 is 0.564 bits per heavy atom. The van der Waals surface area contributed by atoms with Crippen molar-refractivity contribution < 1.29 is 52.7 Å². The molecule has 2 aromatic carbocycles. The third-order valence-corrected chi connectivity index (χ3v) is 5.05. The predicted molar refractivity (Wildman–Crippen MR) is 136 cm³/mol. The van der Waals surface area contributed by atoms with E-state index >= 15 is 0 Å². The summed E-state index contributed by atoms with van der Waals surface area (Å²) in [4.78, 5) is 46.8. The normalized spacial score (nSPS) is 11.3. The van der Waals surface area contributed by atoms with E-state index in [2.05, 4.69) is 9.47 Å². The number of rotatable bonds is 19. The summed E-state index contributed by atoms with van der Waals surface area (Å²) in [7, 11) is 0. The summed E-state index contributed by atoms with van der Waals surface area (Å²) in [6, 6.07) is 19.5. The summed E-state index contributed by atoms with van der Waals surface area (Å²) in [6.07, 6.45) is -1.19. The average Bonchev–Trinajstić information content (AvgIpc) is 2.95. The first-order chi connectivity index (χ1) is 18.9. The zero-order valence-corrected chi connectivity index (χ0v) is 21.7. The van der Waals surface area contributed by atoms with Crippen molar-refractivity contribution >= 4 is 23.9 Å². The van der Waals surface area contributed by atoms with Crippen LogP contribution in [-0.2, 0) is 60.4 Å². The average molecular weight is 547 g/mol. The van der Waals surface area contributed by atoms with Crippen LogP contribution in [0.3, 0.4) is 0 Å². The van der Waals surface area contributed by atoms with Crippen molar-refractivity contribution in [1.29, 1.82) is 0 Å².